The molecule has 0 spiro atoms. The molecule has 1 aromatic carbocycles. The Bertz CT molecular complexity index is 655. The molecule has 0 amide bonds. The minimum absolute atomic E-state index is 0.0260. The molecule has 0 saturated carbocycles. The van der Waals surface area contributed by atoms with Gasteiger partial charge in [0.2, 0.25) is 10.0 Å². The number of aromatic nitrogens is 1. The van der Waals surface area contributed by atoms with E-state index in [1.165, 1.54) is 24.5 Å². The third-order valence-electron chi connectivity index (χ3n) is 2.44. The minimum Gasteiger partial charge on any atom is -0.392 e. The third kappa shape index (κ3) is 3.32. The van der Waals surface area contributed by atoms with Gasteiger partial charge in [0.15, 0.2) is 0 Å². The number of benzene rings is 1. The van der Waals surface area contributed by atoms with E-state index in [4.69, 9.17) is 16.7 Å². The van der Waals surface area contributed by atoms with Gasteiger partial charge in [-0.1, -0.05) is 22.8 Å². The summed E-state index contributed by atoms with van der Waals surface area (Å²) >= 11 is 5.86. The first-order chi connectivity index (χ1) is 9.03. The van der Waals surface area contributed by atoms with Gasteiger partial charge in [-0.2, -0.15) is 0 Å². The minimum atomic E-state index is -3.68. The molecule has 0 aliphatic carbocycles. The summed E-state index contributed by atoms with van der Waals surface area (Å²) in [5, 5.41) is 12.8. The second-order valence-electron chi connectivity index (χ2n) is 3.73. The Kier molecular flexibility index (Phi) is 4.20. The number of halogens is 1. The maximum Gasteiger partial charge on any atom is 0.240 e. The lowest BCUT2D eigenvalue weighted by Gasteiger charge is -2.07. The van der Waals surface area contributed by atoms with Crippen LogP contribution in [0.1, 0.15) is 11.3 Å². The maximum absolute atomic E-state index is 12.0. The Balaban J connectivity index is 2.17. The van der Waals surface area contributed by atoms with Crippen molar-refractivity contribution in [2.24, 2.45) is 0 Å². The smallest absolute Gasteiger partial charge is 0.240 e. The molecule has 0 unspecified atom stereocenters. The molecule has 0 aliphatic heterocycles. The van der Waals surface area contributed by atoms with E-state index in [2.05, 4.69) is 14.4 Å². The number of rotatable bonds is 5. The van der Waals surface area contributed by atoms with Gasteiger partial charge in [-0.05, 0) is 17.7 Å². The number of aliphatic hydroxyl groups is 1. The highest BCUT2D eigenvalue weighted by molar-refractivity contribution is 7.89. The quantitative estimate of drug-likeness (QED) is 0.868. The zero-order valence-corrected chi connectivity index (χ0v) is 11.3. The summed E-state index contributed by atoms with van der Waals surface area (Å²) in [6.07, 6.45) is 1.36. The molecule has 0 bridgehead atoms. The zero-order chi connectivity index (χ0) is 13.9. The van der Waals surface area contributed by atoms with Gasteiger partial charge in [-0.3, -0.25) is 0 Å². The Morgan fingerprint density at radius 3 is 2.74 bits per heavy atom. The van der Waals surface area contributed by atoms with Crippen molar-refractivity contribution in [3.05, 3.63) is 46.8 Å². The van der Waals surface area contributed by atoms with E-state index in [0.717, 1.165) is 0 Å². The summed E-state index contributed by atoms with van der Waals surface area (Å²) in [7, 11) is -3.68. The molecule has 1 aromatic heterocycles. The van der Waals surface area contributed by atoms with Crippen LogP contribution in [0.4, 0.5) is 0 Å². The van der Waals surface area contributed by atoms with Crippen LogP contribution in [0.15, 0.2) is 39.9 Å². The van der Waals surface area contributed by atoms with Crippen LogP contribution >= 0.6 is 11.6 Å². The normalized spacial score (nSPS) is 11.7. The van der Waals surface area contributed by atoms with Gasteiger partial charge in [0.1, 0.15) is 6.26 Å². The molecule has 0 fully saturated rings. The van der Waals surface area contributed by atoms with E-state index in [9.17, 15) is 8.42 Å². The lowest BCUT2D eigenvalue weighted by atomic mass is 10.2. The molecule has 0 aliphatic rings. The van der Waals surface area contributed by atoms with Crippen LogP contribution in [-0.4, -0.2) is 18.7 Å². The van der Waals surface area contributed by atoms with Crippen LogP contribution in [0.5, 0.6) is 0 Å². The van der Waals surface area contributed by atoms with Gasteiger partial charge in [0, 0.05) is 11.1 Å². The Hall–Kier alpha value is -1.41. The Morgan fingerprint density at radius 2 is 2.16 bits per heavy atom. The Labute approximate surface area is 115 Å². The van der Waals surface area contributed by atoms with Crippen molar-refractivity contribution in [2.45, 2.75) is 18.0 Å². The van der Waals surface area contributed by atoms with Crippen molar-refractivity contribution < 1.29 is 18.0 Å². The fourth-order valence-corrected chi connectivity index (χ4v) is 2.73. The first kappa shape index (κ1) is 14.0. The van der Waals surface area contributed by atoms with Crippen molar-refractivity contribution in [2.75, 3.05) is 0 Å². The molecule has 2 aromatic rings. The molecule has 19 heavy (non-hydrogen) atoms. The van der Waals surface area contributed by atoms with Gasteiger partial charge in [0.25, 0.3) is 0 Å². The van der Waals surface area contributed by atoms with Crippen molar-refractivity contribution in [3.8, 4) is 0 Å². The maximum atomic E-state index is 12.0. The first-order valence-corrected chi connectivity index (χ1v) is 7.17. The number of nitrogens with zero attached hydrogens (tertiary/aromatic N) is 1. The lowest BCUT2D eigenvalue weighted by molar-refractivity contribution is 0.282. The number of hydrogen-bond donors (Lipinski definition) is 2. The molecule has 0 atom stereocenters. The fraction of sp³-hybridized carbons (Fsp3) is 0.182. The third-order valence-corrected chi connectivity index (χ3v) is 4.19. The van der Waals surface area contributed by atoms with Crippen molar-refractivity contribution >= 4 is 21.6 Å². The number of aliphatic hydroxyl groups excluding tert-OH is 1. The van der Waals surface area contributed by atoms with E-state index in [-0.39, 0.29) is 23.1 Å². The SMILES string of the molecule is O=S(=O)(NCc1ccon1)c1ccc(CO)c(Cl)c1. The summed E-state index contributed by atoms with van der Waals surface area (Å²) in [6, 6.07) is 5.69. The standard InChI is InChI=1S/C11H11ClN2O4S/c12-11-5-10(2-1-8(11)7-15)19(16,17)13-6-9-3-4-18-14-9/h1-5,13,15H,6-7H2. The molecule has 102 valence electrons. The molecule has 6 nitrogen and oxygen atoms in total. The molecular formula is C11H11ClN2O4S. The van der Waals surface area contributed by atoms with E-state index in [1.54, 1.807) is 6.07 Å². The highest BCUT2D eigenvalue weighted by atomic mass is 35.5. The average Bonchev–Trinajstić information content (AvgIpc) is 2.89. The number of nitrogens with one attached hydrogen (secondary N) is 1. The van der Waals surface area contributed by atoms with Crippen molar-refractivity contribution in [1.82, 2.24) is 9.88 Å². The van der Waals surface area contributed by atoms with Gasteiger partial charge >= 0.3 is 0 Å². The van der Waals surface area contributed by atoms with Crippen LogP contribution in [0, 0.1) is 0 Å². The fourth-order valence-electron chi connectivity index (χ4n) is 1.40. The van der Waals surface area contributed by atoms with Crippen molar-refractivity contribution in [1.29, 1.82) is 0 Å². The molecule has 0 radical (unpaired) electrons. The monoisotopic (exact) mass is 302 g/mol. The van der Waals surface area contributed by atoms with Crippen LogP contribution in [0.25, 0.3) is 0 Å². The molecule has 2 rings (SSSR count). The van der Waals surface area contributed by atoms with E-state index < -0.39 is 10.0 Å². The van der Waals surface area contributed by atoms with Crippen LogP contribution in [0.2, 0.25) is 5.02 Å². The van der Waals surface area contributed by atoms with E-state index in [0.29, 0.717) is 11.3 Å². The topological polar surface area (TPSA) is 92.4 Å². The summed E-state index contributed by atoms with van der Waals surface area (Å²) in [5.74, 6) is 0. The van der Waals surface area contributed by atoms with Gasteiger partial charge in [-0.15, -0.1) is 0 Å². The van der Waals surface area contributed by atoms with E-state index in [1.807, 2.05) is 0 Å². The second kappa shape index (κ2) is 5.70. The van der Waals surface area contributed by atoms with Crippen LogP contribution in [-0.2, 0) is 23.2 Å². The predicted molar refractivity (Wildman–Crippen MR) is 67.9 cm³/mol. The van der Waals surface area contributed by atoms with Crippen molar-refractivity contribution in [3.63, 3.8) is 0 Å². The summed E-state index contributed by atoms with van der Waals surface area (Å²) < 4.78 is 30.9. The molecule has 8 heteroatoms. The second-order valence-corrected chi connectivity index (χ2v) is 5.90. The summed E-state index contributed by atoms with van der Waals surface area (Å²) in [4.78, 5) is 0.0261. The van der Waals surface area contributed by atoms with Gasteiger partial charge in [0.05, 0.1) is 23.7 Å². The highest BCUT2D eigenvalue weighted by Gasteiger charge is 2.15. The number of sulfonamides is 1. The molecule has 1 heterocycles. The van der Waals surface area contributed by atoms with Gasteiger partial charge in [-0.25, -0.2) is 13.1 Å². The summed E-state index contributed by atoms with van der Waals surface area (Å²) in [6.45, 7) is -0.219. The van der Waals surface area contributed by atoms with E-state index >= 15 is 0 Å². The lowest BCUT2D eigenvalue weighted by Crippen LogP contribution is -2.23. The highest BCUT2D eigenvalue weighted by Crippen LogP contribution is 2.20. The molecular weight excluding hydrogens is 292 g/mol. The largest absolute Gasteiger partial charge is 0.392 e. The molecule has 2 N–H and O–H groups in total. The zero-order valence-electron chi connectivity index (χ0n) is 9.71. The van der Waals surface area contributed by atoms with Crippen LogP contribution < -0.4 is 4.72 Å². The Morgan fingerprint density at radius 1 is 1.37 bits per heavy atom. The summed E-state index contributed by atoms with van der Waals surface area (Å²) in [5.41, 5.74) is 0.943. The molecule has 0 saturated heterocycles. The van der Waals surface area contributed by atoms with Crippen LogP contribution in [0.3, 0.4) is 0 Å². The van der Waals surface area contributed by atoms with Gasteiger partial charge < -0.3 is 9.63 Å². The first-order valence-electron chi connectivity index (χ1n) is 5.31. The number of hydrogen-bond acceptors (Lipinski definition) is 5. The predicted octanol–water partition coefficient (Wildman–Crippen LogP) is 1.30. The average molecular weight is 303 g/mol.